The first-order valence-corrected chi connectivity index (χ1v) is 8.69. The van der Waals surface area contributed by atoms with Gasteiger partial charge in [-0.05, 0) is 31.2 Å². The van der Waals surface area contributed by atoms with Crippen LogP contribution in [0.15, 0.2) is 59.8 Å². The summed E-state index contributed by atoms with van der Waals surface area (Å²) >= 11 is 0. The van der Waals surface area contributed by atoms with Gasteiger partial charge in [0.25, 0.3) is 5.91 Å². The maximum absolute atomic E-state index is 12.7. The molecule has 0 atom stereocenters. The Labute approximate surface area is 159 Å². The van der Waals surface area contributed by atoms with Gasteiger partial charge in [-0.3, -0.25) is 4.79 Å². The lowest BCUT2D eigenvalue weighted by molar-refractivity contribution is -0.137. The van der Waals surface area contributed by atoms with E-state index >= 15 is 0 Å². The normalized spacial score (nSPS) is 11.9. The Morgan fingerprint density at radius 1 is 1.18 bits per heavy atom. The van der Waals surface area contributed by atoms with E-state index in [9.17, 15) is 18.0 Å². The molecule has 0 aliphatic heterocycles. The lowest BCUT2D eigenvalue weighted by Gasteiger charge is -2.09. The number of para-hydroxylation sites is 1. The van der Waals surface area contributed by atoms with Crippen molar-refractivity contribution in [3.05, 3.63) is 65.9 Å². The SMILES string of the molecule is CCn1cc(/C=N\NC(=O)CNc2cccc(C(F)(F)F)c2)c2ccccc21. The Balaban J connectivity index is 1.59. The quantitative estimate of drug-likeness (QED) is 0.490. The van der Waals surface area contributed by atoms with Gasteiger partial charge in [0, 0.05) is 34.9 Å². The molecule has 0 unspecified atom stereocenters. The lowest BCUT2D eigenvalue weighted by Crippen LogP contribution is -2.26. The van der Waals surface area contributed by atoms with Gasteiger partial charge in [0.15, 0.2) is 0 Å². The van der Waals surface area contributed by atoms with E-state index in [4.69, 9.17) is 0 Å². The molecule has 8 heteroatoms. The van der Waals surface area contributed by atoms with Crippen LogP contribution < -0.4 is 10.7 Å². The second kappa shape index (κ2) is 8.16. The number of hydrazone groups is 1. The van der Waals surface area contributed by atoms with Crippen LogP contribution in [0, 0.1) is 0 Å². The van der Waals surface area contributed by atoms with Crippen molar-refractivity contribution in [3.63, 3.8) is 0 Å². The predicted molar refractivity (Wildman–Crippen MR) is 103 cm³/mol. The molecule has 28 heavy (non-hydrogen) atoms. The van der Waals surface area contributed by atoms with E-state index in [-0.39, 0.29) is 12.2 Å². The number of alkyl halides is 3. The van der Waals surface area contributed by atoms with E-state index in [1.54, 1.807) is 6.21 Å². The number of benzene rings is 2. The van der Waals surface area contributed by atoms with Gasteiger partial charge in [-0.15, -0.1) is 0 Å². The van der Waals surface area contributed by atoms with E-state index in [1.807, 2.05) is 37.4 Å². The molecule has 0 aliphatic rings. The molecule has 0 bridgehead atoms. The number of hydrogen-bond donors (Lipinski definition) is 2. The molecule has 0 spiro atoms. The number of amides is 1. The highest BCUT2D eigenvalue weighted by molar-refractivity contribution is 5.99. The number of halogens is 3. The molecule has 2 aromatic carbocycles. The average molecular weight is 388 g/mol. The topological polar surface area (TPSA) is 58.4 Å². The van der Waals surface area contributed by atoms with Crippen LogP contribution in [0.1, 0.15) is 18.1 Å². The number of nitrogens with zero attached hydrogens (tertiary/aromatic N) is 2. The van der Waals surface area contributed by atoms with E-state index in [2.05, 4.69) is 20.4 Å². The average Bonchev–Trinajstić information content (AvgIpc) is 3.04. The number of rotatable bonds is 6. The standard InChI is InChI=1S/C20H19F3N4O/c1-2-27-13-14(17-8-3-4-9-18(17)27)11-25-26-19(28)12-24-16-7-5-6-15(10-16)20(21,22)23/h3-11,13,24H,2,12H2,1H3,(H,26,28)/b25-11-. The van der Waals surface area contributed by atoms with Crippen molar-refractivity contribution < 1.29 is 18.0 Å². The summed E-state index contributed by atoms with van der Waals surface area (Å²) in [4.78, 5) is 11.9. The third kappa shape index (κ3) is 4.51. The number of hydrogen-bond acceptors (Lipinski definition) is 3. The second-order valence-electron chi connectivity index (χ2n) is 6.11. The molecular weight excluding hydrogens is 369 g/mol. The molecule has 1 heterocycles. The maximum Gasteiger partial charge on any atom is 0.416 e. The molecule has 0 aliphatic carbocycles. The molecule has 1 amide bonds. The van der Waals surface area contributed by atoms with Crippen LogP contribution in [0.4, 0.5) is 18.9 Å². The molecule has 1 aromatic heterocycles. The molecule has 0 saturated carbocycles. The summed E-state index contributed by atoms with van der Waals surface area (Å²) in [7, 11) is 0. The zero-order valence-corrected chi connectivity index (χ0v) is 15.1. The first kappa shape index (κ1) is 19.5. The highest BCUT2D eigenvalue weighted by Gasteiger charge is 2.30. The highest BCUT2D eigenvalue weighted by atomic mass is 19.4. The van der Waals surface area contributed by atoms with Crippen LogP contribution >= 0.6 is 0 Å². The summed E-state index contributed by atoms with van der Waals surface area (Å²) in [6.45, 7) is 2.64. The number of carbonyl (C=O) groups excluding carboxylic acids is 1. The second-order valence-corrected chi connectivity index (χ2v) is 6.11. The fourth-order valence-electron chi connectivity index (χ4n) is 2.84. The van der Waals surface area contributed by atoms with Crippen molar-refractivity contribution >= 4 is 28.7 Å². The number of aryl methyl sites for hydroxylation is 1. The van der Waals surface area contributed by atoms with Crippen molar-refractivity contribution in [2.75, 3.05) is 11.9 Å². The number of nitrogens with one attached hydrogen (secondary N) is 2. The van der Waals surface area contributed by atoms with Crippen molar-refractivity contribution in [1.29, 1.82) is 0 Å². The molecular formula is C20H19F3N4O. The van der Waals surface area contributed by atoms with Gasteiger partial charge in [0.2, 0.25) is 0 Å². The van der Waals surface area contributed by atoms with Gasteiger partial charge >= 0.3 is 6.18 Å². The molecule has 3 rings (SSSR count). The fourth-order valence-corrected chi connectivity index (χ4v) is 2.84. The van der Waals surface area contributed by atoms with Gasteiger partial charge in [-0.2, -0.15) is 18.3 Å². The molecule has 0 radical (unpaired) electrons. The van der Waals surface area contributed by atoms with Gasteiger partial charge < -0.3 is 9.88 Å². The monoisotopic (exact) mass is 388 g/mol. The van der Waals surface area contributed by atoms with Crippen molar-refractivity contribution in [2.45, 2.75) is 19.6 Å². The summed E-state index contributed by atoms with van der Waals surface area (Å²) in [6, 6.07) is 12.5. The summed E-state index contributed by atoms with van der Waals surface area (Å²) in [5.41, 5.74) is 3.75. The highest BCUT2D eigenvalue weighted by Crippen LogP contribution is 2.30. The van der Waals surface area contributed by atoms with Gasteiger partial charge in [-0.25, -0.2) is 5.43 Å². The first-order chi connectivity index (χ1) is 13.4. The molecule has 0 saturated heterocycles. The summed E-state index contributed by atoms with van der Waals surface area (Å²) in [5, 5.41) is 7.63. The molecule has 3 aromatic rings. The van der Waals surface area contributed by atoms with Crippen LogP contribution in [0.2, 0.25) is 0 Å². The maximum atomic E-state index is 12.7. The summed E-state index contributed by atoms with van der Waals surface area (Å²) in [6.07, 6.45) is -0.931. The minimum atomic E-state index is -4.43. The minimum Gasteiger partial charge on any atom is -0.376 e. The summed E-state index contributed by atoms with van der Waals surface area (Å²) < 4.78 is 40.2. The molecule has 146 valence electrons. The summed E-state index contributed by atoms with van der Waals surface area (Å²) in [5.74, 6) is -0.465. The van der Waals surface area contributed by atoms with Crippen LogP contribution in [-0.4, -0.2) is 23.2 Å². The number of carbonyl (C=O) groups is 1. The third-order valence-corrected chi connectivity index (χ3v) is 4.20. The number of aromatic nitrogens is 1. The first-order valence-electron chi connectivity index (χ1n) is 8.69. The van der Waals surface area contributed by atoms with E-state index in [0.29, 0.717) is 0 Å². The predicted octanol–water partition coefficient (Wildman–Crippen LogP) is 4.24. The molecule has 0 fully saturated rings. The number of fused-ring (bicyclic) bond motifs is 1. The molecule has 5 nitrogen and oxygen atoms in total. The smallest absolute Gasteiger partial charge is 0.376 e. The van der Waals surface area contributed by atoms with Crippen LogP contribution in [0.25, 0.3) is 10.9 Å². The van der Waals surface area contributed by atoms with Crippen molar-refractivity contribution in [2.24, 2.45) is 5.10 Å². The van der Waals surface area contributed by atoms with Crippen molar-refractivity contribution in [3.8, 4) is 0 Å². The van der Waals surface area contributed by atoms with Crippen LogP contribution in [-0.2, 0) is 17.5 Å². The Morgan fingerprint density at radius 2 is 1.96 bits per heavy atom. The number of anilines is 1. The fraction of sp³-hybridized carbons (Fsp3) is 0.200. The largest absolute Gasteiger partial charge is 0.416 e. The molecule has 2 N–H and O–H groups in total. The van der Waals surface area contributed by atoms with Gasteiger partial charge in [-0.1, -0.05) is 24.3 Å². The van der Waals surface area contributed by atoms with Gasteiger partial charge in [0.1, 0.15) is 0 Å². The Bertz CT molecular complexity index is 1010. The zero-order valence-electron chi connectivity index (χ0n) is 15.1. The van der Waals surface area contributed by atoms with E-state index in [0.717, 1.165) is 35.1 Å². The van der Waals surface area contributed by atoms with Gasteiger partial charge in [0.05, 0.1) is 18.3 Å². The Hall–Kier alpha value is -3.29. The third-order valence-electron chi connectivity index (χ3n) is 4.20. The van der Waals surface area contributed by atoms with Crippen molar-refractivity contribution in [1.82, 2.24) is 9.99 Å². The lowest BCUT2D eigenvalue weighted by atomic mass is 10.2. The van der Waals surface area contributed by atoms with E-state index in [1.165, 1.54) is 12.1 Å². The van der Waals surface area contributed by atoms with E-state index < -0.39 is 17.6 Å². The Morgan fingerprint density at radius 3 is 2.71 bits per heavy atom. The van der Waals surface area contributed by atoms with Crippen LogP contribution in [0.5, 0.6) is 0 Å². The zero-order chi connectivity index (χ0) is 20.1. The Kier molecular flexibility index (Phi) is 5.67. The minimum absolute atomic E-state index is 0.199. The van der Waals surface area contributed by atoms with Crippen LogP contribution in [0.3, 0.4) is 0 Å².